The molecule has 28 heavy (non-hydrogen) atoms. The van der Waals surface area contributed by atoms with Gasteiger partial charge < -0.3 is 4.57 Å². The lowest BCUT2D eigenvalue weighted by Gasteiger charge is -2.31. The molecule has 2 aliphatic heterocycles. The average molecular weight is 421 g/mol. The minimum absolute atomic E-state index is 0.0328. The first kappa shape index (κ1) is 19.8. The first-order valence-electron chi connectivity index (χ1n) is 10.0. The molecule has 152 valence electrons. The van der Waals surface area contributed by atoms with Gasteiger partial charge in [0.05, 0.1) is 18.2 Å². The fourth-order valence-corrected chi connectivity index (χ4v) is 6.35. The Morgan fingerprint density at radius 2 is 1.86 bits per heavy atom. The number of sulfone groups is 1. The van der Waals surface area contributed by atoms with E-state index >= 15 is 0 Å². The molecule has 0 spiro atoms. The maximum atomic E-state index is 11.8. The Labute approximate surface area is 172 Å². The van der Waals surface area contributed by atoms with Crippen LogP contribution in [-0.4, -0.2) is 52.3 Å². The number of likely N-dealkylation sites (tertiary alicyclic amines) is 1. The van der Waals surface area contributed by atoms with Crippen molar-refractivity contribution in [3.05, 3.63) is 46.5 Å². The molecule has 1 aromatic carbocycles. The molecule has 4 rings (SSSR count). The minimum Gasteiger partial charge on any atom is -0.307 e. The third-order valence-corrected chi connectivity index (χ3v) is 8.33. The third-order valence-electron chi connectivity index (χ3n) is 6.08. The highest BCUT2D eigenvalue weighted by molar-refractivity contribution is 7.91. The molecule has 8 heteroatoms. The smallest absolute Gasteiger partial charge is 0.198 e. The standard InChI is InChI=1S/C20H28N4O2S2/c1-22-19(18-9-12-28(25,26)14-18)21-24(20(22)27)15-23-10-7-17(8-11-23)13-16-5-3-2-4-6-16/h2-6,17-18H,7-15H2,1H3/t18-/m1/s1. The highest BCUT2D eigenvalue weighted by Crippen LogP contribution is 2.28. The zero-order valence-electron chi connectivity index (χ0n) is 16.3. The van der Waals surface area contributed by atoms with Gasteiger partial charge in [0.15, 0.2) is 14.6 Å². The Bertz CT molecular complexity index is 973. The minimum atomic E-state index is -2.93. The van der Waals surface area contributed by atoms with Crippen molar-refractivity contribution in [2.75, 3.05) is 24.6 Å². The van der Waals surface area contributed by atoms with Gasteiger partial charge in [-0.2, -0.15) is 5.10 Å². The lowest BCUT2D eigenvalue weighted by atomic mass is 9.90. The molecule has 2 saturated heterocycles. The normalized spacial score (nSPS) is 23.2. The molecule has 0 saturated carbocycles. The van der Waals surface area contributed by atoms with Gasteiger partial charge in [-0.25, -0.2) is 13.1 Å². The predicted octanol–water partition coefficient (Wildman–Crippen LogP) is 2.77. The topological polar surface area (TPSA) is 60.1 Å². The summed E-state index contributed by atoms with van der Waals surface area (Å²) < 4.78 is 28.1. The first-order valence-corrected chi connectivity index (χ1v) is 12.2. The Kier molecular flexibility index (Phi) is 5.71. The molecule has 2 fully saturated rings. The van der Waals surface area contributed by atoms with Gasteiger partial charge >= 0.3 is 0 Å². The monoisotopic (exact) mass is 420 g/mol. The fourth-order valence-electron chi connectivity index (χ4n) is 4.42. The summed E-state index contributed by atoms with van der Waals surface area (Å²) in [6.07, 6.45) is 4.16. The fraction of sp³-hybridized carbons (Fsp3) is 0.600. The lowest BCUT2D eigenvalue weighted by molar-refractivity contribution is 0.139. The van der Waals surface area contributed by atoms with Crippen LogP contribution in [-0.2, 0) is 30.0 Å². The van der Waals surface area contributed by atoms with Crippen molar-refractivity contribution in [3.8, 4) is 0 Å². The van der Waals surface area contributed by atoms with Gasteiger partial charge in [0.2, 0.25) is 0 Å². The summed E-state index contributed by atoms with van der Waals surface area (Å²) >= 11 is 5.57. The van der Waals surface area contributed by atoms with Crippen molar-refractivity contribution in [1.29, 1.82) is 0 Å². The molecule has 2 aromatic rings. The lowest BCUT2D eigenvalue weighted by Crippen LogP contribution is -2.36. The van der Waals surface area contributed by atoms with Crippen molar-refractivity contribution in [2.45, 2.75) is 38.3 Å². The molecular formula is C20H28N4O2S2. The van der Waals surface area contributed by atoms with Crippen LogP contribution in [0.5, 0.6) is 0 Å². The number of piperidine rings is 1. The van der Waals surface area contributed by atoms with Crippen molar-refractivity contribution in [3.63, 3.8) is 0 Å². The maximum absolute atomic E-state index is 11.8. The van der Waals surface area contributed by atoms with Gasteiger partial charge in [-0.05, 0) is 49.4 Å². The quantitative estimate of drug-likeness (QED) is 0.696. The number of aromatic nitrogens is 3. The molecule has 6 nitrogen and oxygen atoms in total. The zero-order chi connectivity index (χ0) is 19.7. The first-order chi connectivity index (χ1) is 13.4. The second-order valence-corrected chi connectivity index (χ2v) is 10.8. The SMILES string of the molecule is Cn1c([C@@H]2CCS(=O)(=O)C2)nn(CN2CCC(Cc3ccccc3)CC2)c1=S. The van der Waals surface area contributed by atoms with E-state index in [1.165, 1.54) is 18.4 Å². The summed E-state index contributed by atoms with van der Waals surface area (Å²) in [7, 11) is -1.03. The van der Waals surface area contributed by atoms with Crippen LogP contribution in [0.1, 0.15) is 36.6 Å². The van der Waals surface area contributed by atoms with E-state index in [0.29, 0.717) is 17.9 Å². The van der Waals surface area contributed by atoms with Crippen LogP contribution in [0.4, 0.5) is 0 Å². The van der Waals surface area contributed by atoms with Crippen molar-refractivity contribution in [2.24, 2.45) is 13.0 Å². The predicted molar refractivity (Wildman–Crippen MR) is 112 cm³/mol. The van der Waals surface area contributed by atoms with E-state index < -0.39 is 9.84 Å². The van der Waals surface area contributed by atoms with E-state index in [9.17, 15) is 8.42 Å². The third kappa shape index (κ3) is 4.39. The van der Waals surface area contributed by atoms with Crippen molar-refractivity contribution < 1.29 is 8.42 Å². The van der Waals surface area contributed by atoms with Crippen molar-refractivity contribution in [1.82, 2.24) is 19.2 Å². The molecule has 0 unspecified atom stereocenters. The van der Waals surface area contributed by atoms with E-state index in [0.717, 1.165) is 31.3 Å². The number of nitrogens with zero attached hydrogens (tertiary/aromatic N) is 4. The van der Waals surface area contributed by atoms with Crippen LogP contribution in [0.3, 0.4) is 0 Å². The van der Waals surface area contributed by atoms with Crippen LogP contribution in [0, 0.1) is 10.7 Å². The number of hydrogen-bond acceptors (Lipinski definition) is 5. The van der Waals surface area contributed by atoms with E-state index in [1.54, 1.807) is 0 Å². The highest BCUT2D eigenvalue weighted by Gasteiger charge is 2.32. The second-order valence-electron chi connectivity index (χ2n) is 8.19. The maximum Gasteiger partial charge on any atom is 0.198 e. The largest absolute Gasteiger partial charge is 0.307 e. The molecule has 2 aliphatic rings. The molecule has 0 amide bonds. The summed E-state index contributed by atoms with van der Waals surface area (Å²) in [4.78, 5) is 2.40. The van der Waals surface area contributed by atoms with Crippen LogP contribution < -0.4 is 0 Å². The Balaban J connectivity index is 1.37. The molecule has 0 bridgehead atoms. The number of rotatable bonds is 5. The van der Waals surface area contributed by atoms with Crippen LogP contribution >= 0.6 is 12.2 Å². The molecule has 1 aromatic heterocycles. The van der Waals surface area contributed by atoms with E-state index in [2.05, 4.69) is 35.2 Å². The van der Waals surface area contributed by atoms with Gasteiger partial charge in [0.1, 0.15) is 5.82 Å². The van der Waals surface area contributed by atoms with Crippen molar-refractivity contribution >= 4 is 22.1 Å². The highest BCUT2D eigenvalue weighted by atomic mass is 32.2. The summed E-state index contributed by atoms with van der Waals surface area (Å²) in [5, 5.41) is 4.71. The number of benzene rings is 1. The van der Waals surface area contributed by atoms with E-state index in [1.807, 2.05) is 16.3 Å². The van der Waals surface area contributed by atoms with E-state index in [-0.39, 0.29) is 17.4 Å². The zero-order valence-corrected chi connectivity index (χ0v) is 18.0. The van der Waals surface area contributed by atoms with Gasteiger partial charge in [-0.1, -0.05) is 30.3 Å². The molecule has 3 heterocycles. The second kappa shape index (κ2) is 8.08. The van der Waals surface area contributed by atoms with Crippen LogP contribution in [0.15, 0.2) is 30.3 Å². The van der Waals surface area contributed by atoms with Gasteiger partial charge in [0.25, 0.3) is 0 Å². The molecule has 0 aliphatic carbocycles. The van der Waals surface area contributed by atoms with Gasteiger partial charge in [-0.3, -0.25) is 4.90 Å². The summed E-state index contributed by atoms with van der Waals surface area (Å²) in [6.45, 7) is 2.77. The molecule has 1 atom stereocenters. The summed E-state index contributed by atoms with van der Waals surface area (Å²) in [6, 6.07) is 10.7. The van der Waals surface area contributed by atoms with Gasteiger partial charge in [-0.15, -0.1) is 0 Å². The Morgan fingerprint density at radius 1 is 1.14 bits per heavy atom. The van der Waals surface area contributed by atoms with Crippen LogP contribution in [0.2, 0.25) is 0 Å². The molecular weight excluding hydrogens is 392 g/mol. The summed E-state index contributed by atoms with van der Waals surface area (Å²) in [5.74, 6) is 1.96. The Hall–Kier alpha value is -1.51. The summed E-state index contributed by atoms with van der Waals surface area (Å²) in [5.41, 5.74) is 1.42. The van der Waals surface area contributed by atoms with Crippen LogP contribution in [0.25, 0.3) is 0 Å². The van der Waals surface area contributed by atoms with Gasteiger partial charge in [0, 0.05) is 26.1 Å². The molecule has 0 N–H and O–H groups in total. The average Bonchev–Trinajstić information content (AvgIpc) is 3.18. The van der Waals surface area contributed by atoms with E-state index in [4.69, 9.17) is 17.3 Å². The number of hydrogen-bond donors (Lipinski definition) is 0. The molecule has 0 radical (unpaired) electrons. The Morgan fingerprint density at radius 3 is 2.50 bits per heavy atom.